The van der Waals surface area contributed by atoms with Gasteiger partial charge in [0.25, 0.3) is 5.91 Å². The van der Waals surface area contributed by atoms with Gasteiger partial charge < -0.3 is 20.4 Å². The molecule has 3 aromatic rings. The minimum Gasteiger partial charge on any atom is -0.340 e. The second-order valence-corrected chi connectivity index (χ2v) is 10.6. The third kappa shape index (κ3) is 6.69. The molecule has 0 bridgehead atoms. The Labute approximate surface area is 228 Å². The molecule has 2 amide bonds. The van der Waals surface area contributed by atoms with Crippen LogP contribution in [0.25, 0.3) is 5.69 Å². The van der Waals surface area contributed by atoms with Gasteiger partial charge in [-0.25, -0.2) is 9.07 Å². The highest BCUT2D eigenvalue weighted by molar-refractivity contribution is 5.98. The average molecular weight is 534 g/mol. The van der Waals surface area contributed by atoms with E-state index in [0.29, 0.717) is 37.2 Å². The number of benzene rings is 2. The van der Waals surface area contributed by atoms with E-state index in [1.54, 1.807) is 17.2 Å². The predicted octanol–water partition coefficient (Wildman–Crippen LogP) is 2.51. The summed E-state index contributed by atoms with van der Waals surface area (Å²) >= 11 is 0. The standard InChI is InChI=1S/C29H36FN7O2/c1-20-5-7-21(8-6-20)24-19-27(24)31-11-3-4-26(29(39)36-16-14-35(2)15-17-36)33-28(38)23-10-9-22(18-25(23)30)37-13-12-32-34-37/h5-10,12-13,18,24,26-27,31H,3-4,11,14-17,19H2,1-2H3,(H,33,38)/t24-,26-,27+/m0/s1. The first-order valence-corrected chi connectivity index (χ1v) is 13.6. The molecule has 9 nitrogen and oxygen atoms in total. The summed E-state index contributed by atoms with van der Waals surface area (Å²) < 4.78 is 16.3. The van der Waals surface area contributed by atoms with Crippen LogP contribution in [0.1, 0.15) is 46.7 Å². The largest absolute Gasteiger partial charge is 0.340 e. The van der Waals surface area contributed by atoms with Crippen LogP contribution in [-0.2, 0) is 4.79 Å². The van der Waals surface area contributed by atoms with E-state index in [0.717, 1.165) is 32.5 Å². The summed E-state index contributed by atoms with van der Waals surface area (Å²) in [4.78, 5) is 30.5. The summed E-state index contributed by atoms with van der Waals surface area (Å²) in [5.74, 6) is -0.861. The number of nitrogens with zero attached hydrogens (tertiary/aromatic N) is 5. The van der Waals surface area contributed by atoms with Crippen molar-refractivity contribution in [3.63, 3.8) is 0 Å². The van der Waals surface area contributed by atoms with Gasteiger partial charge in [-0.2, -0.15) is 0 Å². The molecule has 2 fully saturated rings. The van der Waals surface area contributed by atoms with E-state index in [9.17, 15) is 14.0 Å². The fourth-order valence-electron chi connectivity index (χ4n) is 5.11. The number of likely N-dealkylation sites (N-methyl/N-ethyl adjacent to an activating group) is 1. The molecular formula is C29H36FN7O2. The van der Waals surface area contributed by atoms with Crippen molar-refractivity contribution in [2.24, 2.45) is 0 Å². The molecule has 1 saturated heterocycles. The summed E-state index contributed by atoms with van der Waals surface area (Å²) in [6.45, 7) is 5.63. The normalized spacial score (nSPS) is 20.0. The SMILES string of the molecule is Cc1ccc([C@@H]2C[C@H]2NCCC[C@H](NC(=O)c2ccc(-n3ccnn3)cc2F)C(=O)N2CCN(C)CC2)cc1. The lowest BCUT2D eigenvalue weighted by Crippen LogP contribution is -2.54. The van der Waals surface area contributed by atoms with Crippen LogP contribution < -0.4 is 10.6 Å². The Bertz CT molecular complexity index is 1270. The predicted molar refractivity (Wildman–Crippen MR) is 146 cm³/mol. The van der Waals surface area contributed by atoms with Gasteiger partial charge in [0.15, 0.2) is 0 Å². The number of piperazine rings is 1. The second-order valence-electron chi connectivity index (χ2n) is 10.6. The number of nitrogens with one attached hydrogen (secondary N) is 2. The Hall–Kier alpha value is -3.63. The van der Waals surface area contributed by atoms with Crippen LogP contribution in [-0.4, -0.2) is 88.5 Å². The topological polar surface area (TPSA) is 95.4 Å². The number of amides is 2. The van der Waals surface area contributed by atoms with Crippen LogP contribution in [0.4, 0.5) is 4.39 Å². The van der Waals surface area contributed by atoms with Crippen molar-refractivity contribution in [3.05, 3.63) is 77.4 Å². The maximum atomic E-state index is 14.9. The van der Waals surface area contributed by atoms with E-state index in [1.165, 1.54) is 34.1 Å². The summed E-state index contributed by atoms with van der Waals surface area (Å²) in [7, 11) is 2.03. The van der Waals surface area contributed by atoms with Crippen LogP contribution in [0.2, 0.25) is 0 Å². The molecule has 1 saturated carbocycles. The summed E-state index contributed by atoms with van der Waals surface area (Å²) in [5, 5.41) is 14.0. The molecule has 0 radical (unpaired) electrons. The number of aryl methyl sites for hydroxylation is 1. The fourth-order valence-corrected chi connectivity index (χ4v) is 5.11. The molecule has 1 aromatic heterocycles. The van der Waals surface area contributed by atoms with Crippen molar-refractivity contribution < 1.29 is 14.0 Å². The van der Waals surface area contributed by atoms with Crippen LogP contribution in [0.5, 0.6) is 0 Å². The van der Waals surface area contributed by atoms with E-state index in [-0.39, 0.29) is 11.5 Å². The van der Waals surface area contributed by atoms with E-state index < -0.39 is 17.8 Å². The first-order valence-electron chi connectivity index (χ1n) is 13.6. The van der Waals surface area contributed by atoms with Crippen LogP contribution in [0.3, 0.4) is 0 Å². The maximum Gasteiger partial charge on any atom is 0.254 e. The van der Waals surface area contributed by atoms with Gasteiger partial charge in [0, 0.05) is 44.2 Å². The molecule has 2 aromatic carbocycles. The van der Waals surface area contributed by atoms with E-state index >= 15 is 0 Å². The Kier molecular flexibility index (Phi) is 8.33. The highest BCUT2D eigenvalue weighted by atomic mass is 19.1. The molecule has 39 heavy (non-hydrogen) atoms. The first kappa shape index (κ1) is 27.0. The molecule has 1 aliphatic carbocycles. The van der Waals surface area contributed by atoms with E-state index in [1.807, 2.05) is 7.05 Å². The number of hydrogen-bond acceptors (Lipinski definition) is 6. The molecule has 2 aliphatic rings. The monoisotopic (exact) mass is 533 g/mol. The third-order valence-electron chi connectivity index (χ3n) is 7.67. The molecule has 3 atom stereocenters. The molecule has 0 unspecified atom stereocenters. The third-order valence-corrected chi connectivity index (χ3v) is 7.67. The lowest BCUT2D eigenvalue weighted by molar-refractivity contribution is -0.135. The molecule has 2 N–H and O–H groups in total. The smallest absolute Gasteiger partial charge is 0.254 e. The summed E-state index contributed by atoms with van der Waals surface area (Å²) in [6.07, 6.45) is 5.39. The molecular weight excluding hydrogens is 497 g/mol. The zero-order chi connectivity index (χ0) is 27.4. The molecule has 2 heterocycles. The quantitative estimate of drug-likeness (QED) is 0.389. The Morgan fingerprint density at radius 3 is 2.56 bits per heavy atom. The molecule has 0 spiro atoms. The van der Waals surface area contributed by atoms with E-state index in [4.69, 9.17) is 0 Å². The molecule has 5 rings (SSSR count). The van der Waals surface area contributed by atoms with Crippen molar-refractivity contribution >= 4 is 11.8 Å². The average Bonchev–Trinajstić information content (AvgIpc) is 3.49. The van der Waals surface area contributed by atoms with Gasteiger partial charge >= 0.3 is 0 Å². The Morgan fingerprint density at radius 2 is 1.87 bits per heavy atom. The summed E-state index contributed by atoms with van der Waals surface area (Å²) in [6, 6.07) is 12.7. The van der Waals surface area contributed by atoms with Crippen molar-refractivity contribution in [2.45, 2.75) is 44.2 Å². The number of carbonyl (C=O) groups excluding carboxylic acids is 2. The summed E-state index contributed by atoms with van der Waals surface area (Å²) in [5.41, 5.74) is 2.96. The van der Waals surface area contributed by atoms with E-state index in [2.05, 4.69) is 57.0 Å². The number of halogens is 1. The first-order chi connectivity index (χ1) is 18.9. The lowest BCUT2D eigenvalue weighted by Gasteiger charge is -2.34. The Balaban J connectivity index is 1.19. The molecule has 10 heteroatoms. The van der Waals surface area contributed by atoms with Crippen LogP contribution >= 0.6 is 0 Å². The van der Waals surface area contributed by atoms with Gasteiger partial charge in [0.05, 0.1) is 23.6 Å². The molecule has 1 aliphatic heterocycles. The number of carbonyl (C=O) groups is 2. The van der Waals surface area contributed by atoms with Gasteiger partial charge in [-0.1, -0.05) is 35.0 Å². The highest BCUT2D eigenvalue weighted by Crippen LogP contribution is 2.40. The number of rotatable bonds is 10. The second kappa shape index (κ2) is 12.0. The van der Waals surface area contributed by atoms with Gasteiger partial charge in [0.1, 0.15) is 11.9 Å². The van der Waals surface area contributed by atoms with Gasteiger partial charge in [-0.15, -0.1) is 5.10 Å². The molecule has 206 valence electrons. The highest BCUT2D eigenvalue weighted by Gasteiger charge is 2.37. The number of aromatic nitrogens is 3. The van der Waals surface area contributed by atoms with Crippen LogP contribution in [0, 0.1) is 12.7 Å². The van der Waals surface area contributed by atoms with Gasteiger partial charge in [-0.05, 0) is 57.5 Å². The minimum absolute atomic E-state index is 0.105. The van der Waals surface area contributed by atoms with Crippen molar-refractivity contribution in [2.75, 3.05) is 39.8 Å². The Morgan fingerprint density at radius 1 is 1.10 bits per heavy atom. The van der Waals surface area contributed by atoms with Gasteiger partial charge in [0.2, 0.25) is 5.91 Å². The zero-order valence-electron chi connectivity index (χ0n) is 22.5. The van der Waals surface area contributed by atoms with Crippen molar-refractivity contribution in [1.29, 1.82) is 0 Å². The van der Waals surface area contributed by atoms with Crippen LogP contribution in [0.15, 0.2) is 54.9 Å². The van der Waals surface area contributed by atoms with Crippen molar-refractivity contribution in [1.82, 2.24) is 35.4 Å². The zero-order valence-corrected chi connectivity index (χ0v) is 22.5. The number of hydrogen-bond donors (Lipinski definition) is 2. The van der Waals surface area contributed by atoms with Crippen molar-refractivity contribution in [3.8, 4) is 5.69 Å². The maximum absolute atomic E-state index is 14.9. The fraction of sp³-hybridized carbons (Fsp3) is 0.448. The lowest BCUT2D eigenvalue weighted by atomic mass is 10.1. The minimum atomic E-state index is -0.718. The van der Waals surface area contributed by atoms with Gasteiger partial charge in [-0.3, -0.25) is 9.59 Å².